The molecule has 6 heteroatoms. The number of halogens is 1. The highest BCUT2D eigenvalue weighted by molar-refractivity contribution is 7.12. The van der Waals surface area contributed by atoms with Gasteiger partial charge in [-0.2, -0.15) is 0 Å². The molecular weight excluding hydrogens is 366 g/mol. The van der Waals surface area contributed by atoms with E-state index in [9.17, 15) is 4.79 Å². The van der Waals surface area contributed by atoms with Crippen molar-refractivity contribution in [2.75, 3.05) is 13.1 Å². The van der Waals surface area contributed by atoms with Gasteiger partial charge in [0.1, 0.15) is 5.01 Å². The third kappa shape index (κ3) is 4.64. The summed E-state index contributed by atoms with van der Waals surface area (Å²) in [6.07, 6.45) is 4.37. The molecular formula is C20H26ClN3OS. The first-order valence-electron chi connectivity index (χ1n) is 9.32. The first-order chi connectivity index (χ1) is 12.6. The van der Waals surface area contributed by atoms with Crippen LogP contribution in [0.2, 0.25) is 5.02 Å². The maximum atomic E-state index is 12.7. The number of carbonyl (C=O) groups is 1. The Hall–Kier alpha value is -1.43. The fourth-order valence-electron chi connectivity index (χ4n) is 3.53. The second-order valence-corrected chi connectivity index (χ2v) is 8.51. The van der Waals surface area contributed by atoms with E-state index in [4.69, 9.17) is 16.6 Å². The predicted molar refractivity (Wildman–Crippen MR) is 109 cm³/mol. The molecule has 1 unspecified atom stereocenters. The van der Waals surface area contributed by atoms with Gasteiger partial charge in [0.05, 0.1) is 18.3 Å². The predicted octanol–water partition coefficient (Wildman–Crippen LogP) is 4.65. The van der Waals surface area contributed by atoms with Crippen molar-refractivity contribution in [2.45, 2.75) is 52.1 Å². The number of aryl methyl sites for hydroxylation is 1. The Balaban J connectivity index is 1.63. The van der Waals surface area contributed by atoms with Crippen LogP contribution in [0.25, 0.3) is 11.3 Å². The molecule has 2 aromatic rings. The van der Waals surface area contributed by atoms with Crippen LogP contribution in [0, 0.1) is 6.92 Å². The highest BCUT2D eigenvalue weighted by atomic mass is 35.5. The maximum Gasteiger partial charge on any atom is 0.237 e. The van der Waals surface area contributed by atoms with Gasteiger partial charge in [-0.1, -0.05) is 37.1 Å². The van der Waals surface area contributed by atoms with Gasteiger partial charge in [-0.25, -0.2) is 4.98 Å². The van der Waals surface area contributed by atoms with E-state index < -0.39 is 0 Å². The Morgan fingerprint density at radius 3 is 2.85 bits per heavy atom. The molecule has 0 aliphatic carbocycles. The third-order valence-electron chi connectivity index (χ3n) is 4.80. The summed E-state index contributed by atoms with van der Waals surface area (Å²) in [5, 5.41) is 4.77. The Kier molecular flexibility index (Phi) is 6.68. The zero-order valence-electron chi connectivity index (χ0n) is 15.4. The van der Waals surface area contributed by atoms with Crippen LogP contribution in [0.4, 0.5) is 0 Å². The van der Waals surface area contributed by atoms with Crippen LogP contribution in [0.3, 0.4) is 0 Å². The van der Waals surface area contributed by atoms with E-state index in [2.05, 4.69) is 24.1 Å². The molecule has 2 heterocycles. The van der Waals surface area contributed by atoms with Crippen molar-refractivity contribution in [1.29, 1.82) is 0 Å². The molecule has 1 atom stereocenters. The molecule has 0 bridgehead atoms. The Morgan fingerprint density at radius 2 is 2.12 bits per heavy atom. The lowest BCUT2D eigenvalue weighted by Crippen LogP contribution is -2.49. The number of aromatic nitrogens is 1. The van der Waals surface area contributed by atoms with Gasteiger partial charge in [-0.15, -0.1) is 11.3 Å². The molecule has 1 aromatic heterocycles. The second-order valence-electron chi connectivity index (χ2n) is 6.78. The molecule has 4 nitrogen and oxygen atoms in total. The standard InChI is InChI=1S/C20H26ClN3OS/c1-3-11-24-12-5-4-6-17(24)20(25)22-13-18-23-19(14(2)26-18)15-7-9-16(21)10-8-15/h7-10,17H,3-6,11-13H2,1-2H3,(H,22,25). The van der Waals surface area contributed by atoms with Crippen LogP contribution in [0.5, 0.6) is 0 Å². The lowest BCUT2D eigenvalue weighted by atomic mass is 10.0. The molecule has 0 saturated carbocycles. The number of benzene rings is 1. The van der Waals surface area contributed by atoms with Crippen molar-refractivity contribution in [2.24, 2.45) is 0 Å². The summed E-state index contributed by atoms with van der Waals surface area (Å²) in [7, 11) is 0. The zero-order chi connectivity index (χ0) is 18.5. The summed E-state index contributed by atoms with van der Waals surface area (Å²) in [5.74, 6) is 0.138. The number of carbonyl (C=O) groups excluding carboxylic acids is 1. The molecule has 0 spiro atoms. The van der Waals surface area contributed by atoms with Crippen molar-refractivity contribution in [1.82, 2.24) is 15.2 Å². The summed E-state index contributed by atoms with van der Waals surface area (Å²) in [6.45, 7) is 6.75. The van der Waals surface area contributed by atoms with Crippen LogP contribution < -0.4 is 5.32 Å². The minimum Gasteiger partial charge on any atom is -0.348 e. The normalized spacial score (nSPS) is 18.0. The number of nitrogens with zero attached hydrogens (tertiary/aromatic N) is 2. The van der Waals surface area contributed by atoms with E-state index in [0.717, 1.165) is 58.5 Å². The Labute approximate surface area is 164 Å². The summed E-state index contributed by atoms with van der Waals surface area (Å²) in [6, 6.07) is 7.74. The van der Waals surface area contributed by atoms with Gasteiger partial charge in [0, 0.05) is 15.5 Å². The first kappa shape index (κ1) is 19.3. The third-order valence-corrected chi connectivity index (χ3v) is 6.02. The van der Waals surface area contributed by atoms with Crippen molar-refractivity contribution >= 4 is 28.8 Å². The molecule has 3 rings (SSSR count). The summed E-state index contributed by atoms with van der Waals surface area (Å²) in [4.78, 5) is 20.9. The zero-order valence-corrected chi connectivity index (χ0v) is 17.0. The number of hydrogen-bond donors (Lipinski definition) is 1. The van der Waals surface area contributed by atoms with Crippen LogP contribution >= 0.6 is 22.9 Å². The molecule has 1 saturated heterocycles. The largest absolute Gasteiger partial charge is 0.348 e. The van der Waals surface area contributed by atoms with Crippen LogP contribution in [0.15, 0.2) is 24.3 Å². The molecule has 1 aliphatic heterocycles. The maximum absolute atomic E-state index is 12.7. The second kappa shape index (κ2) is 8.98. The number of nitrogens with one attached hydrogen (secondary N) is 1. The number of rotatable bonds is 6. The fraction of sp³-hybridized carbons (Fsp3) is 0.500. The molecule has 0 radical (unpaired) electrons. The fourth-order valence-corrected chi connectivity index (χ4v) is 4.55. The van der Waals surface area contributed by atoms with E-state index in [1.54, 1.807) is 11.3 Å². The van der Waals surface area contributed by atoms with Crippen molar-refractivity contribution in [3.05, 3.63) is 39.2 Å². The average Bonchev–Trinajstić information content (AvgIpc) is 3.02. The van der Waals surface area contributed by atoms with Crippen molar-refractivity contribution in [3.8, 4) is 11.3 Å². The van der Waals surface area contributed by atoms with E-state index in [-0.39, 0.29) is 11.9 Å². The van der Waals surface area contributed by atoms with Gasteiger partial charge in [0.2, 0.25) is 5.91 Å². The average molecular weight is 392 g/mol. The quantitative estimate of drug-likeness (QED) is 0.779. The molecule has 1 fully saturated rings. The number of thiazole rings is 1. The highest BCUT2D eigenvalue weighted by Gasteiger charge is 2.27. The van der Waals surface area contributed by atoms with Crippen molar-refractivity contribution in [3.63, 3.8) is 0 Å². The molecule has 140 valence electrons. The number of hydrogen-bond acceptors (Lipinski definition) is 4. The van der Waals surface area contributed by atoms with Crippen molar-refractivity contribution < 1.29 is 4.79 Å². The van der Waals surface area contributed by atoms with Gasteiger partial charge in [0.15, 0.2) is 0 Å². The summed E-state index contributed by atoms with van der Waals surface area (Å²) in [5.41, 5.74) is 2.03. The topological polar surface area (TPSA) is 45.2 Å². The van der Waals surface area contributed by atoms with Gasteiger partial charge in [0.25, 0.3) is 0 Å². The van der Waals surface area contributed by atoms with Gasteiger partial charge in [-0.3, -0.25) is 9.69 Å². The van der Waals surface area contributed by atoms with E-state index in [0.29, 0.717) is 6.54 Å². The number of piperidine rings is 1. The molecule has 1 aromatic carbocycles. The number of amides is 1. The van der Waals surface area contributed by atoms with Gasteiger partial charge < -0.3 is 5.32 Å². The summed E-state index contributed by atoms with van der Waals surface area (Å²) < 4.78 is 0. The summed E-state index contributed by atoms with van der Waals surface area (Å²) >= 11 is 7.61. The molecule has 1 aliphatic rings. The SMILES string of the molecule is CCCN1CCCCC1C(=O)NCc1nc(-c2ccc(Cl)cc2)c(C)s1. The lowest BCUT2D eigenvalue weighted by Gasteiger charge is -2.34. The Bertz CT molecular complexity index is 742. The van der Waals surface area contributed by atoms with Crippen LogP contribution in [0.1, 0.15) is 42.5 Å². The van der Waals surface area contributed by atoms with Gasteiger partial charge in [-0.05, 0) is 51.4 Å². The molecule has 26 heavy (non-hydrogen) atoms. The monoisotopic (exact) mass is 391 g/mol. The minimum absolute atomic E-state index is 0.0143. The van der Waals surface area contributed by atoms with E-state index in [1.165, 1.54) is 6.42 Å². The van der Waals surface area contributed by atoms with E-state index in [1.807, 2.05) is 24.3 Å². The first-order valence-corrected chi connectivity index (χ1v) is 10.5. The smallest absolute Gasteiger partial charge is 0.237 e. The van der Waals surface area contributed by atoms with Crippen LogP contribution in [-0.4, -0.2) is 34.9 Å². The van der Waals surface area contributed by atoms with Gasteiger partial charge >= 0.3 is 0 Å². The molecule has 1 amide bonds. The minimum atomic E-state index is 0.0143. The van der Waals surface area contributed by atoms with Crippen LogP contribution in [-0.2, 0) is 11.3 Å². The Morgan fingerprint density at radius 1 is 1.35 bits per heavy atom. The van der Waals surface area contributed by atoms with E-state index >= 15 is 0 Å². The highest BCUT2D eigenvalue weighted by Crippen LogP contribution is 2.28. The molecule has 1 N–H and O–H groups in total. The lowest BCUT2D eigenvalue weighted by molar-refractivity contribution is -0.127. The number of likely N-dealkylation sites (tertiary alicyclic amines) is 1.